The third-order valence-electron chi connectivity index (χ3n) is 6.32. The first kappa shape index (κ1) is 27.6. The Morgan fingerprint density at radius 2 is 1.89 bits per heavy atom. The number of sulfonamides is 1. The normalized spacial score (nSPS) is 24.2. The molecule has 1 amide bonds. The molecule has 2 heterocycles. The van der Waals surface area contributed by atoms with E-state index in [0.717, 1.165) is 10.2 Å². The molecule has 37 heavy (non-hydrogen) atoms. The molecule has 2 N–H and O–H groups in total. The second kappa shape index (κ2) is 12.0. The summed E-state index contributed by atoms with van der Waals surface area (Å²) in [6, 6.07) is 14.7. The second-order valence-electron chi connectivity index (χ2n) is 9.70. The highest BCUT2D eigenvalue weighted by Crippen LogP contribution is 2.44. The van der Waals surface area contributed by atoms with Crippen molar-refractivity contribution in [2.75, 3.05) is 32.0 Å². The van der Waals surface area contributed by atoms with Crippen molar-refractivity contribution < 1.29 is 31.8 Å². The molecule has 0 spiro atoms. The Bertz CT molecular complexity index is 1190. The fourth-order valence-corrected chi connectivity index (χ4v) is 7.44. The Morgan fingerprint density at radius 1 is 1.19 bits per heavy atom. The van der Waals surface area contributed by atoms with Crippen LogP contribution in [0.3, 0.4) is 0 Å². The van der Waals surface area contributed by atoms with Crippen LogP contribution in [0, 0.1) is 5.92 Å². The molecule has 0 bridgehead atoms. The number of nitrogens with two attached hydrogens (primary N) is 1. The lowest BCUT2D eigenvalue weighted by Gasteiger charge is -2.30. The summed E-state index contributed by atoms with van der Waals surface area (Å²) in [4.78, 5) is 13.2. The van der Waals surface area contributed by atoms with Crippen LogP contribution in [0.5, 0.6) is 0 Å². The van der Waals surface area contributed by atoms with E-state index in [9.17, 15) is 17.8 Å². The molecule has 2 aliphatic rings. The quantitative estimate of drug-likeness (QED) is 0.370. The summed E-state index contributed by atoms with van der Waals surface area (Å²) >= 11 is 0. The summed E-state index contributed by atoms with van der Waals surface area (Å²) in [6.45, 7) is 4.75. The highest BCUT2D eigenvalue weighted by Gasteiger charge is 2.46. The van der Waals surface area contributed by atoms with E-state index in [1.54, 1.807) is 0 Å². The first-order valence-corrected chi connectivity index (χ1v) is 15.0. The van der Waals surface area contributed by atoms with Gasteiger partial charge in [0.15, 0.2) is 0 Å². The highest BCUT2D eigenvalue weighted by molar-refractivity contribution is 7.89. The Morgan fingerprint density at radius 3 is 2.51 bits per heavy atom. The Balaban J connectivity index is 1.62. The molecule has 2 aliphatic heterocycles. The smallest absolute Gasteiger partial charge is 0.417 e. The number of hydrogen-bond donors (Lipinski definition) is 1. The SMILES string of the molecule is CC(C)CN(C[C@H]1O[PH](=O)N(C(=O)O[C@H]2CCOC2)[C@H]1Cc1ccccc1)S(=O)(=O)c1ccc(N)cc1. The number of ether oxygens (including phenoxy) is 2. The summed E-state index contributed by atoms with van der Waals surface area (Å²) < 4.78 is 59.5. The zero-order chi connectivity index (χ0) is 26.6. The molecule has 0 aliphatic carbocycles. The third kappa shape index (κ3) is 6.72. The van der Waals surface area contributed by atoms with Crippen LogP contribution in [0.25, 0.3) is 0 Å². The zero-order valence-corrected chi connectivity index (χ0v) is 22.8. The Kier molecular flexibility index (Phi) is 8.92. The number of nitrogens with zero attached hydrogens (tertiary/aromatic N) is 2. The van der Waals surface area contributed by atoms with Gasteiger partial charge in [-0.3, -0.25) is 4.57 Å². The number of carbonyl (C=O) groups is 1. The molecule has 4 atom stereocenters. The Labute approximate surface area is 218 Å². The van der Waals surface area contributed by atoms with Crippen LogP contribution in [-0.4, -0.2) is 68.0 Å². The lowest BCUT2D eigenvalue weighted by molar-refractivity contribution is 0.0620. The maximum atomic E-state index is 13.6. The lowest BCUT2D eigenvalue weighted by atomic mass is 10.0. The number of benzene rings is 2. The van der Waals surface area contributed by atoms with Gasteiger partial charge < -0.3 is 19.7 Å². The number of nitrogen functional groups attached to an aromatic ring is 1. The van der Waals surface area contributed by atoms with Crippen LogP contribution in [0.2, 0.25) is 0 Å². The molecule has 2 saturated heterocycles. The van der Waals surface area contributed by atoms with Crippen molar-refractivity contribution in [3.63, 3.8) is 0 Å². The maximum Gasteiger partial charge on any atom is 0.417 e. The minimum absolute atomic E-state index is 0.0120. The molecule has 0 radical (unpaired) electrons. The molecule has 2 fully saturated rings. The van der Waals surface area contributed by atoms with Crippen molar-refractivity contribution in [1.29, 1.82) is 0 Å². The fourth-order valence-electron chi connectivity index (χ4n) is 4.49. The van der Waals surface area contributed by atoms with Crippen molar-refractivity contribution in [1.82, 2.24) is 8.98 Å². The van der Waals surface area contributed by atoms with Crippen molar-refractivity contribution in [3.05, 3.63) is 60.2 Å². The van der Waals surface area contributed by atoms with Crippen molar-refractivity contribution in [3.8, 4) is 0 Å². The summed E-state index contributed by atoms with van der Waals surface area (Å²) in [7, 11) is -6.92. The first-order chi connectivity index (χ1) is 17.6. The molecular weight excluding hydrogens is 517 g/mol. The predicted molar refractivity (Wildman–Crippen MR) is 140 cm³/mol. The summed E-state index contributed by atoms with van der Waals surface area (Å²) in [6.07, 6.45) is -1.07. The van der Waals surface area contributed by atoms with Gasteiger partial charge in [0.1, 0.15) is 12.2 Å². The maximum absolute atomic E-state index is 13.6. The monoisotopic (exact) mass is 551 g/mol. The van der Waals surface area contributed by atoms with E-state index in [1.807, 2.05) is 44.2 Å². The van der Waals surface area contributed by atoms with Crippen LogP contribution in [0.4, 0.5) is 10.5 Å². The van der Waals surface area contributed by atoms with E-state index in [1.165, 1.54) is 28.6 Å². The van der Waals surface area contributed by atoms with Crippen molar-refractivity contribution in [2.24, 2.45) is 5.92 Å². The van der Waals surface area contributed by atoms with Crippen molar-refractivity contribution in [2.45, 2.75) is 49.8 Å². The van der Waals surface area contributed by atoms with Gasteiger partial charge in [-0.15, -0.1) is 0 Å². The van der Waals surface area contributed by atoms with Gasteiger partial charge in [0, 0.05) is 25.2 Å². The van der Waals surface area contributed by atoms with E-state index in [-0.39, 0.29) is 30.5 Å². The molecule has 1 unspecified atom stereocenters. The minimum atomic E-state index is -3.91. The van der Waals surface area contributed by atoms with E-state index in [2.05, 4.69) is 0 Å². The van der Waals surface area contributed by atoms with E-state index < -0.39 is 42.5 Å². The number of hydrogen-bond acceptors (Lipinski definition) is 8. The predicted octanol–water partition coefficient (Wildman–Crippen LogP) is 3.54. The number of carbonyl (C=O) groups excluding carboxylic acids is 1. The average Bonchev–Trinajstić information content (AvgIpc) is 3.46. The average molecular weight is 552 g/mol. The highest BCUT2D eigenvalue weighted by atomic mass is 32.2. The van der Waals surface area contributed by atoms with Crippen LogP contribution < -0.4 is 5.73 Å². The molecule has 0 aromatic heterocycles. The summed E-state index contributed by atoms with van der Waals surface area (Å²) in [5.74, 6) is 0.0120. The Hall–Kier alpha value is -2.43. The van der Waals surface area contributed by atoms with Gasteiger partial charge in [-0.1, -0.05) is 44.2 Å². The number of amides is 1. The second-order valence-corrected chi connectivity index (χ2v) is 12.9. The van der Waals surface area contributed by atoms with Crippen molar-refractivity contribution >= 4 is 30.0 Å². The van der Waals surface area contributed by atoms with Gasteiger partial charge in [-0.25, -0.2) is 17.9 Å². The third-order valence-corrected chi connectivity index (χ3v) is 9.58. The fraction of sp³-hybridized carbons (Fsp3) is 0.480. The molecule has 4 rings (SSSR count). The number of anilines is 1. The van der Waals surface area contributed by atoms with Gasteiger partial charge in [-0.2, -0.15) is 4.31 Å². The molecule has 2 aromatic carbocycles. The van der Waals surface area contributed by atoms with Gasteiger partial charge in [-0.05, 0) is 42.2 Å². The van der Waals surface area contributed by atoms with Crippen LogP contribution in [0.15, 0.2) is 59.5 Å². The van der Waals surface area contributed by atoms with Crippen LogP contribution >= 0.6 is 8.18 Å². The van der Waals surface area contributed by atoms with Gasteiger partial charge in [0.05, 0.1) is 24.2 Å². The molecule has 12 heteroatoms. The molecule has 0 saturated carbocycles. The zero-order valence-electron chi connectivity index (χ0n) is 21.0. The summed E-state index contributed by atoms with van der Waals surface area (Å²) in [5, 5.41) is 0. The van der Waals surface area contributed by atoms with Crippen LogP contribution in [0.1, 0.15) is 25.8 Å². The molecule has 202 valence electrons. The number of rotatable bonds is 9. The van der Waals surface area contributed by atoms with Crippen LogP contribution in [-0.2, 0) is 35.0 Å². The first-order valence-electron chi connectivity index (χ1n) is 12.3. The largest absolute Gasteiger partial charge is 0.443 e. The molecule has 2 aromatic rings. The van der Waals surface area contributed by atoms with Gasteiger partial charge in [0.2, 0.25) is 10.0 Å². The van der Waals surface area contributed by atoms with E-state index in [4.69, 9.17) is 19.7 Å². The van der Waals surface area contributed by atoms with E-state index >= 15 is 0 Å². The lowest BCUT2D eigenvalue weighted by Crippen LogP contribution is -2.47. The topological polar surface area (TPSA) is 128 Å². The van der Waals surface area contributed by atoms with Gasteiger partial charge in [0.25, 0.3) is 8.18 Å². The minimum Gasteiger partial charge on any atom is -0.443 e. The summed E-state index contributed by atoms with van der Waals surface area (Å²) in [5.41, 5.74) is 7.11. The van der Waals surface area contributed by atoms with Gasteiger partial charge >= 0.3 is 6.09 Å². The standard InChI is InChI=1S/C25H34N3O7PS/c1-18(2)15-27(37(31,32)22-10-8-20(26)9-11-22)16-24-23(14-19-6-4-3-5-7-19)28(36(30)35-24)25(29)34-21-12-13-33-17-21/h3-11,18,21,23-24,36H,12-17,26H2,1-2H3/t21-,23-,24+/m0/s1. The molecule has 10 nitrogen and oxygen atoms in total. The molecular formula is C25H34N3O7PS. The van der Waals surface area contributed by atoms with E-state index in [0.29, 0.717) is 25.1 Å².